The van der Waals surface area contributed by atoms with E-state index >= 15 is 0 Å². The minimum atomic E-state index is -3.86. The van der Waals surface area contributed by atoms with Gasteiger partial charge in [0, 0.05) is 17.2 Å². The zero-order valence-corrected chi connectivity index (χ0v) is 16.0. The Balaban J connectivity index is 1.88. The van der Waals surface area contributed by atoms with Crippen molar-refractivity contribution in [3.8, 4) is 11.3 Å². The Hall–Kier alpha value is -2.27. The van der Waals surface area contributed by atoms with Crippen molar-refractivity contribution >= 4 is 42.0 Å². The van der Waals surface area contributed by atoms with Crippen molar-refractivity contribution in [2.45, 2.75) is 9.79 Å². The summed E-state index contributed by atoms with van der Waals surface area (Å²) in [5.41, 5.74) is 1.73. The third-order valence-corrected chi connectivity index (χ3v) is 6.37. The third kappa shape index (κ3) is 4.10. The number of thiazole rings is 1. The van der Waals surface area contributed by atoms with E-state index in [1.165, 1.54) is 29.5 Å². The van der Waals surface area contributed by atoms with Crippen molar-refractivity contribution < 1.29 is 16.8 Å². The molecule has 0 fully saturated rings. The van der Waals surface area contributed by atoms with E-state index in [1.54, 1.807) is 35.7 Å². The summed E-state index contributed by atoms with van der Waals surface area (Å²) in [7, 11) is -7.12. The molecule has 0 saturated heterocycles. The number of benzene rings is 2. The molecule has 0 saturated carbocycles. The van der Waals surface area contributed by atoms with Crippen molar-refractivity contribution in [1.82, 2.24) is 4.98 Å². The Kier molecular flexibility index (Phi) is 4.84. The molecule has 10 heteroatoms. The second kappa shape index (κ2) is 6.80. The van der Waals surface area contributed by atoms with E-state index in [0.717, 1.165) is 11.8 Å². The summed E-state index contributed by atoms with van der Waals surface area (Å²) in [4.78, 5) is 4.63. The van der Waals surface area contributed by atoms with Gasteiger partial charge in [-0.1, -0.05) is 24.3 Å². The first kappa shape index (κ1) is 18.5. The highest BCUT2D eigenvalue weighted by molar-refractivity contribution is 7.90. The topological polar surface area (TPSA) is 119 Å². The number of nitrogens with zero attached hydrogens (tertiary/aromatic N) is 1. The number of anilines is 2. The van der Waals surface area contributed by atoms with Crippen LogP contribution in [0.1, 0.15) is 0 Å². The van der Waals surface area contributed by atoms with Crippen LogP contribution < -0.4 is 10.5 Å². The zero-order valence-electron chi connectivity index (χ0n) is 13.6. The molecule has 0 aliphatic heterocycles. The van der Waals surface area contributed by atoms with Crippen molar-refractivity contribution in [3.05, 3.63) is 53.9 Å². The molecule has 3 N–H and O–H groups in total. The fourth-order valence-corrected chi connectivity index (χ4v) is 4.33. The molecular formula is C16H15N3O4S3. The summed E-state index contributed by atoms with van der Waals surface area (Å²) >= 11 is 1.29. The number of hydrogen-bond donors (Lipinski definition) is 2. The molecule has 26 heavy (non-hydrogen) atoms. The normalized spacial score (nSPS) is 12.1. The summed E-state index contributed by atoms with van der Waals surface area (Å²) in [6, 6.07) is 12.7. The van der Waals surface area contributed by atoms with Crippen molar-refractivity contribution in [2.24, 2.45) is 5.14 Å². The number of rotatable bonds is 5. The molecule has 1 heterocycles. The molecule has 1 aromatic heterocycles. The second-order valence-corrected chi connectivity index (χ2v) is 9.90. The lowest BCUT2D eigenvalue weighted by atomic mass is 10.2. The average Bonchev–Trinajstić information content (AvgIpc) is 3.02. The highest BCUT2D eigenvalue weighted by Gasteiger charge is 2.15. The lowest BCUT2D eigenvalue weighted by Crippen LogP contribution is -2.13. The molecule has 0 amide bonds. The predicted molar refractivity (Wildman–Crippen MR) is 102 cm³/mol. The van der Waals surface area contributed by atoms with Gasteiger partial charge in [0.2, 0.25) is 10.0 Å². The smallest absolute Gasteiger partial charge is 0.240 e. The van der Waals surface area contributed by atoms with Gasteiger partial charge < -0.3 is 5.32 Å². The molecule has 0 aliphatic rings. The van der Waals surface area contributed by atoms with E-state index in [-0.39, 0.29) is 9.79 Å². The van der Waals surface area contributed by atoms with Gasteiger partial charge in [-0.15, -0.1) is 11.3 Å². The van der Waals surface area contributed by atoms with E-state index in [2.05, 4.69) is 10.3 Å². The summed E-state index contributed by atoms with van der Waals surface area (Å²) in [6.07, 6.45) is 1.15. The van der Waals surface area contributed by atoms with Crippen molar-refractivity contribution in [2.75, 3.05) is 11.6 Å². The highest BCUT2D eigenvalue weighted by atomic mass is 32.2. The van der Waals surface area contributed by atoms with Gasteiger partial charge >= 0.3 is 0 Å². The molecule has 3 aromatic rings. The standard InChI is InChI=1S/C16H15N3O4S3/c1-25(20,21)12-8-6-11(7-9-12)14-10-24-16(19-14)18-13-4-2-3-5-15(13)26(17,22)23/h2-10H,1H3,(H,18,19)(H2,17,22,23). The van der Waals surface area contributed by atoms with Gasteiger partial charge in [0.25, 0.3) is 0 Å². The Morgan fingerprint density at radius 2 is 1.65 bits per heavy atom. The Bertz CT molecular complexity index is 1150. The van der Waals surface area contributed by atoms with Gasteiger partial charge in [0.05, 0.1) is 16.3 Å². The van der Waals surface area contributed by atoms with E-state index in [4.69, 9.17) is 5.14 Å². The molecule has 0 radical (unpaired) electrons. The van der Waals surface area contributed by atoms with Crippen molar-refractivity contribution in [3.63, 3.8) is 0 Å². The summed E-state index contributed by atoms with van der Waals surface area (Å²) in [5.74, 6) is 0. The average molecular weight is 410 g/mol. The quantitative estimate of drug-likeness (QED) is 0.668. The summed E-state index contributed by atoms with van der Waals surface area (Å²) in [5, 5.41) is 10.5. The molecule has 2 aromatic carbocycles. The molecule has 0 aliphatic carbocycles. The van der Waals surface area contributed by atoms with Crippen LogP contribution >= 0.6 is 11.3 Å². The maximum atomic E-state index is 11.7. The molecular weight excluding hydrogens is 394 g/mol. The Labute approximate surface area is 155 Å². The minimum absolute atomic E-state index is 0.0192. The van der Waals surface area contributed by atoms with Crippen LogP contribution in [0.2, 0.25) is 0 Å². The molecule has 0 bridgehead atoms. The Morgan fingerprint density at radius 1 is 1.00 bits per heavy atom. The zero-order chi connectivity index (χ0) is 18.9. The number of para-hydroxylation sites is 1. The first-order chi connectivity index (χ1) is 12.1. The van der Waals surface area contributed by atoms with E-state index in [1.807, 2.05) is 0 Å². The fraction of sp³-hybridized carbons (Fsp3) is 0.0625. The number of hydrogen-bond acceptors (Lipinski definition) is 7. The van der Waals surface area contributed by atoms with Crippen LogP contribution in [-0.4, -0.2) is 28.1 Å². The van der Waals surface area contributed by atoms with E-state index < -0.39 is 19.9 Å². The van der Waals surface area contributed by atoms with Crippen LogP contribution in [0.3, 0.4) is 0 Å². The van der Waals surface area contributed by atoms with Gasteiger partial charge in [-0.2, -0.15) is 0 Å². The van der Waals surface area contributed by atoms with Crippen LogP contribution in [0.15, 0.2) is 63.7 Å². The number of aromatic nitrogens is 1. The van der Waals surface area contributed by atoms with Gasteiger partial charge in [0.1, 0.15) is 4.90 Å². The number of sulfonamides is 1. The number of primary sulfonamides is 1. The lowest BCUT2D eigenvalue weighted by Gasteiger charge is -2.07. The van der Waals surface area contributed by atoms with Crippen LogP contribution in [0, 0.1) is 0 Å². The number of nitrogens with one attached hydrogen (secondary N) is 1. The molecule has 7 nitrogen and oxygen atoms in total. The Morgan fingerprint density at radius 3 is 2.27 bits per heavy atom. The van der Waals surface area contributed by atoms with Crippen LogP contribution in [0.5, 0.6) is 0 Å². The first-order valence-corrected chi connectivity index (χ1v) is 11.6. The van der Waals surface area contributed by atoms with Gasteiger partial charge in [-0.25, -0.2) is 27.0 Å². The third-order valence-electron chi connectivity index (χ3n) is 3.52. The van der Waals surface area contributed by atoms with Gasteiger partial charge in [0.15, 0.2) is 15.0 Å². The largest absolute Gasteiger partial charge is 0.330 e. The number of sulfone groups is 1. The lowest BCUT2D eigenvalue weighted by molar-refractivity contribution is 0.597. The summed E-state index contributed by atoms with van der Waals surface area (Å²) < 4.78 is 46.3. The SMILES string of the molecule is CS(=O)(=O)c1ccc(-c2csc(Nc3ccccc3S(N)(=O)=O)n2)cc1. The molecule has 136 valence electrons. The summed E-state index contributed by atoms with van der Waals surface area (Å²) in [6.45, 7) is 0. The van der Waals surface area contributed by atoms with Crippen LogP contribution in [-0.2, 0) is 19.9 Å². The maximum Gasteiger partial charge on any atom is 0.240 e. The molecule has 0 spiro atoms. The van der Waals surface area contributed by atoms with Gasteiger partial charge in [-0.3, -0.25) is 0 Å². The van der Waals surface area contributed by atoms with Crippen molar-refractivity contribution in [1.29, 1.82) is 0 Å². The fourth-order valence-electron chi connectivity index (χ4n) is 2.27. The van der Waals surface area contributed by atoms with E-state index in [9.17, 15) is 16.8 Å². The van der Waals surface area contributed by atoms with Crippen LogP contribution in [0.25, 0.3) is 11.3 Å². The molecule has 0 unspecified atom stereocenters. The predicted octanol–water partition coefficient (Wildman–Crippen LogP) is 2.60. The second-order valence-electron chi connectivity index (χ2n) is 5.50. The van der Waals surface area contributed by atoms with Crippen LogP contribution in [0.4, 0.5) is 10.8 Å². The van der Waals surface area contributed by atoms with E-state index in [0.29, 0.717) is 16.5 Å². The molecule has 0 atom stereocenters. The molecule has 3 rings (SSSR count). The van der Waals surface area contributed by atoms with Gasteiger partial charge in [-0.05, 0) is 24.3 Å². The highest BCUT2D eigenvalue weighted by Crippen LogP contribution is 2.30. The first-order valence-electron chi connectivity index (χ1n) is 7.29. The monoisotopic (exact) mass is 409 g/mol. The minimum Gasteiger partial charge on any atom is -0.330 e. The number of nitrogens with two attached hydrogens (primary N) is 1. The maximum absolute atomic E-state index is 11.7.